The summed E-state index contributed by atoms with van der Waals surface area (Å²) in [4.78, 5) is 11.7. The number of hydrogen-bond acceptors (Lipinski definition) is 4. The van der Waals surface area contributed by atoms with Gasteiger partial charge in [0.25, 0.3) is 0 Å². The van der Waals surface area contributed by atoms with E-state index >= 15 is 0 Å². The van der Waals surface area contributed by atoms with E-state index in [2.05, 4.69) is 32.2 Å². The standard InChI is InChI=1S/C27H40ClN3O3/c1-27(2,3)20-31(15-11-26(29)34,14-10-21-5-4-6-24(28)18-21)16-13-30-12-9-22-7-8-25(33)23(17-22)19-32/h4-8,17-18,30,32H,9-16,19-20H2,1-3H3,(H2-,29,33,34)/p+1. The first-order valence-corrected chi connectivity index (χ1v) is 12.4. The maximum Gasteiger partial charge on any atom is 0.223 e. The molecule has 5 N–H and O–H groups in total. The molecule has 0 radical (unpaired) electrons. The number of aliphatic hydroxyl groups is 1. The monoisotopic (exact) mass is 490 g/mol. The molecule has 0 saturated heterocycles. The van der Waals surface area contributed by atoms with E-state index in [-0.39, 0.29) is 23.7 Å². The van der Waals surface area contributed by atoms with Gasteiger partial charge < -0.3 is 25.7 Å². The number of hydrogen-bond donors (Lipinski definition) is 4. The van der Waals surface area contributed by atoms with E-state index in [4.69, 9.17) is 17.3 Å². The molecule has 2 aromatic rings. The van der Waals surface area contributed by atoms with Crippen LogP contribution in [0.15, 0.2) is 42.5 Å². The van der Waals surface area contributed by atoms with Crippen molar-refractivity contribution in [1.29, 1.82) is 0 Å². The van der Waals surface area contributed by atoms with Gasteiger partial charge in [0.2, 0.25) is 5.91 Å². The summed E-state index contributed by atoms with van der Waals surface area (Å²) in [5, 5.41) is 23.4. The second kappa shape index (κ2) is 13.1. The van der Waals surface area contributed by atoms with Crippen LogP contribution in [-0.2, 0) is 24.2 Å². The van der Waals surface area contributed by atoms with Crippen LogP contribution >= 0.6 is 11.6 Å². The Kier molecular flexibility index (Phi) is 10.8. The van der Waals surface area contributed by atoms with Crippen LogP contribution in [-0.4, -0.2) is 59.9 Å². The van der Waals surface area contributed by atoms with Crippen molar-refractivity contribution in [3.63, 3.8) is 0 Å². The molecule has 0 bridgehead atoms. The van der Waals surface area contributed by atoms with Gasteiger partial charge in [0.15, 0.2) is 0 Å². The number of nitrogens with two attached hydrogens (primary N) is 1. The van der Waals surface area contributed by atoms with E-state index in [0.717, 1.165) is 60.6 Å². The van der Waals surface area contributed by atoms with Crippen molar-refractivity contribution in [3.8, 4) is 5.75 Å². The summed E-state index contributed by atoms with van der Waals surface area (Å²) < 4.78 is 0.805. The van der Waals surface area contributed by atoms with Gasteiger partial charge in [-0.1, -0.05) is 50.6 Å². The molecule has 0 heterocycles. The summed E-state index contributed by atoms with van der Waals surface area (Å²) in [5.41, 5.74) is 8.46. The van der Waals surface area contributed by atoms with E-state index in [0.29, 0.717) is 18.5 Å². The average Bonchev–Trinajstić information content (AvgIpc) is 2.76. The number of phenols is 1. The molecular formula is C27H41ClN3O3+. The van der Waals surface area contributed by atoms with Crippen LogP contribution in [0.2, 0.25) is 5.02 Å². The van der Waals surface area contributed by atoms with Gasteiger partial charge in [-0.05, 0) is 48.4 Å². The van der Waals surface area contributed by atoms with Crippen LogP contribution < -0.4 is 11.1 Å². The van der Waals surface area contributed by atoms with Gasteiger partial charge in [-0.2, -0.15) is 0 Å². The number of halogens is 1. The number of nitrogens with zero attached hydrogens (tertiary/aromatic N) is 1. The van der Waals surface area contributed by atoms with E-state index in [9.17, 15) is 15.0 Å². The lowest BCUT2D eigenvalue weighted by atomic mass is 9.93. The number of nitrogens with one attached hydrogen (secondary N) is 1. The van der Waals surface area contributed by atoms with Gasteiger partial charge in [-0.25, -0.2) is 0 Å². The molecular weight excluding hydrogens is 450 g/mol. The third-order valence-electron chi connectivity index (χ3n) is 6.07. The molecule has 1 atom stereocenters. The number of amides is 1. The van der Waals surface area contributed by atoms with Crippen molar-refractivity contribution in [3.05, 3.63) is 64.2 Å². The highest BCUT2D eigenvalue weighted by Gasteiger charge is 2.32. The Labute approximate surface area is 209 Å². The summed E-state index contributed by atoms with van der Waals surface area (Å²) in [5.74, 6) is -0.142. The van der Waals surface area contributed by atoms with Crippen molar-refractivity contribution >= 4 is 17.5 Å². The van der Waals surface area contributed by atoms with Gasteiger partial charge in [0.05, 0.1) is 39.2 Å². The minimum Gasteiger partial charge on any atom is -0.508 e. The third kappa shape index (κ3) is 10.0. The Morgan fingerprint density at radius 3 is 2.41 bits per heavy atom. The van der Waals surface area contributed by atoms with Gasteiger partial charge in [-0.15, -0.1) is 0 Å². The summed E-state index contributed by atoms with van der Waals surface area (Å²) in [7, 11) is 0. The van der Waals surface area contributed by atoms with Crippen LogP contribution in [0.3, 0.4) is 0 Å². The van der Waals surface area contributed by atoms with Crippen LogP contribution in [0.1, 0.15) is 43.9 Å². The van der Waals surface area contributed by atoms with E-state index in [1.165, 1.54) is 5.56 Å². The molecule has 2 rings (SSSR count). The molecule has 2 aromatic carbocycles. The normalized spacial score (nSPS) is 13.6. The lowest BCUT2D eigenvalue weighted by Gasteiger charge is -2.43. The highest BCUT2D eigenvalue weighted by Crippen LogP contribution is 2.24. The molecule has 0 aromatic heterocycles. The maximum absolute atomic E-state index is 11.7. The summed E-state index contributed by atoms with van der Waals surface area (Å²) >= 11 is 6.20. The Bertz CT molecular complexity index is 930. The van der Waals surface area contributed by atoms with Crippen molar-refractivity contribution in [1.82, 2.24) is 5.32 Å². The number of aliphatic hydroxyl groups excluding tert-OH is 1. The van der Waals surface area contributed by atoms with Gasteiger partial charge in [0.1, 0.15) is 5.75 Å². The lowest BCUT2D eigenvalue weighted by molar-refractivity contribution is -0.931. The third-order valence-corrected chi connectivity index (χ3v) is 6.31. The van der Waals surface area contributed by atoms with Crippen LogP contribution in [0.4, 0.5) is 0 Å². The fourth-order valence-electron chi connectivity index (χ4n) is 4.58. The minimum absolute atomic E-state index is 0.0959. The second-order valence-electron chi connectivity index (χ2n) is 10.4. The Morgan fingerprint density at radius 1 is 1.03 bits per heavy atom. The number of rotatable bonds is 14. The molecule has 0 saturated carbocycles. The van der Waals surface area contributed by atoms with E-state index in [1.54, 1.807) is 6.07 Å². The molecule has 1 amide bonds. The smallest absolute Gasteiger partial charge is 0.223 e. The Morgan fingerprint density at radius 2 is 1.76 bits per heavy atom. The molecule has 34 heavy (non-hydrogen) atoms. The fourth-order valence-corrected chi connectivity index (χ4v) is 4.79. The lowest BCUT2D eigenvalue weighted by Crippen LogP contribution is -2.57. The zero-order valence-corrected chi connectivity index (χ0v) is 21.6. The Hall–Kier alpha value is -2.12. The first-order valence-electron chi connectivity index (χ1n) is 12.0. The molecule has 0 fully saturated rings. The topological polar surface area (TPSA) is 95.6 Å². The summed E-state index contributed by atoms with van der Waals surface area (Å²) in [6.45, 7) is 11.6. The SMILES string of the molecule is CC(C)(C)C[N+](CCNCCc1ccc(O)c(CO)c1)(CCC(N)=O)CCc1cccc(Cl)c1. The van der Waals surface area contributed by atoms with Crippen LogP contribution in [0.25, 0.3) is 0 Å². The van der Waals surface area contributed by atoms with Gasteiger partial charge in [0, 0.05) is 29.0 Å². The number of carbonyl (C=O) groups excluding carboxylic acids is 1. The van der Waals surface area contributed by atoms with Crippen molar-refractivity contribution in [2.24, 2.45) is 11.1 Å². The summed E-state index contributed by atoms with van der Waals surface area (Å²) in [6, 6.07) is 13.3. The largest absolute Gasteiger partial charge is 0.508 e. The predicted octanol–water partition coefficient (Wildman–Crippen LogP) is 3.65. The zero-order valence-electron chi connectivity index (χ0n) is 20.8. The number of primary amides is 1. The summed E-state index contributed by atoms with van der Waals surface area (Å²) in [6.07, 6.45) is 2.05. The van der Waals surface area contributed by atoms with Crippen molar-refractivity contribution < 1.29 is 19.5 Å². The van der Waals surface area contributed by atoms with Crippen molar-refractivity contribution in [2.45, 2.75) is 46.6 Å². The first kappa shape index (κ1) is 28.1. The van der Waals surface area contributed by atoms with E-state index < -0.39 is 0 Å². The molecule has 1 unspecified atom stereocenters. The highest BCUT2D eigenvalue weighted by atomic mass is 35.5. The number of aromatic hydroxyl groups is 1. The van der Waals surface area contributed by atoms with Gasteiger partial charge in [-0.3, -0.25) is 4.79 Å². The first-order chi connectivity index (χ1) is 16.0. The highest BCUT2D eigenvalue weighted by molar-refractivity contribution is 6.30. The number of carbonyl (C=O) groups is 1. The number of quaternary nitrogens is 1. The van der Waals surface area contributed by atoms with Gasteiger partial charge >= 0.3 is 0 Å². The Balaban J connectivity index is 2.04. The molecule has 0 aliphatic rings. The molecule has 0 aliphatic heterocycles. The molecule has 0 spiro atoms. The molecule has 188 valence electrons. The molecule has 0 aliphatic carbocycles. The fraction of sp³-hybridized carbons (Fsp3) is 0.519. The van der Waals surface area contributed by atoms with E-state index in [1.807, 2.05) is 30.3 Å². The quantitative estimate of drug-likeness (QED) is 0.240. The van der Waals surface area contributed by atoms with Crippen molar-refractivity contribution in [2.75, 3.05) is 39.3 Å². The molecule has 7 heteroatoms. The second-order valence-corrected chi connectivity index (χ2v) is 10.9. The maximum atomic E-state index is 11.7. The molecule has 6 nitrogen and oxygen atoms in total. The minimum atomic E-state index is -0.265. The van der Waals surface area contributed by atoms with Crippen LogP contribution in [0.5, 0.6) is 5.75 Å². The van der Waals surface area contributed by atoms with Crippen LogP contribution in [0, 0.1) is 5.41 Å². The predicted molar refractivity (Wildman–Crippen MR) is 139 cm³/mol. The zero-order chi connectivity index (χ0) is 25.2. The number of benzene rings is 2. The average molecular weight is 491 g/mol.